The van der Waals surface area contributed by atoms with E-state index in [1.807, 2.05) is 19.1 Å². The summed E-state index contributed by atoms with van der Waals surface area (Å²) in [4.78, 5) is 23.5. The van der Waals surface area contributed by atoms with Crippen LogP contribution in [0.2, 0.25) is 5.02 Å². The smallest absolute Gasteiger partial charge is 0.362 e. The standard InChI is InChI=1S/C14H13ClN2O3/c1-8-4-5-10(15)11(6-8)17-7-9(2)13(18)12(16-17)14(19)20-3/h4-7H,1-3H3. The Hall–Kier alpha value is -2.14. The Morgan fingerprint density at radius 1 is 1.35 bits per heavy atom. The van der Waals surface area contributed by atoms with E-state index in [0.29, 0.717) is 16.3 Å². The molecular formula is C14H13ClN2O3. The molecule has 0 bridgehead atoms. The molecule has 0 aliphatic heterocycles. The molecule has 2 aromatic rings. The number of aryl methyl sites for hydroxylation is 2. The number of carbonyl (C=O) groups is 1. The van der Waals surface area contributed by atoms with Gasteiger partial charge < -0.3 is 4.74 Å². The van der Waals surface area contributed by atoms with Gasteiger partial charge in [-0.2, -0.15) is 5.10 Å². The van der Waals surface area contributed by atoms with Crippen LogP contribution in [0.15, 0.2) is 29.2 Å². The van der Waals surface area contributed by atoms with Crippen LogP contribution in [0, 0.1) is 13.8 Å². The van der Waals surface area contributed by atoms with E-state index in [1.54, 1.807) is 13.0 Å². The molecule has 1 aromatic carbocycles. The minimum Gasteiger partial charge on any atom is -0.464 e. The third kappa shape index (κ3) is 2.58. The van der Waals surface area contributed by atoms with Crippen LogP contribution in [0.25, 0.3) is 5.69 Å². The van der Waals surface area contributed by atoms with Crippen LogP contribution in [0.3, 0.4) is 0 Å². The summed E-state index contributed by atoms with van der Waals surface area (Å²) in [5.74, 6) is -0.767. The molecule has 1 aromatic heterocycles. The number of esters is 1. The Morgan fingerprint density at radius 3 is 2.70 bits per heavy atom. The maximum Gasteiger partial charge on any atom is 0.362 e. The zero-order valence-corrected chi connectivity index (χ0v) is 12.1. The average molecular weight is 293 g/mol. The molecule has 0 saturated carbocycles. The Balaban J connectivity index is 2.70. The topological polar surface area (TPSA) is 61.2 Å². The van der Waals surface area contributed by atoms with Crippen molar-refractivity contribution in [2.75, 3.05) is 7.11 Å². The van der Waals surface area contributed by atoms with Gasteiger partial charge in [0.05, 0.1) is 17.8 Å². The second kappa shape index (κ2) is 5.46. The van der Waals surface area contributed by atoms with Crippen molar-refractivity contribution >= 4 is 17.6 Å². The highest BCUT2D eigenvalue weighted by molar-refractivity contribution is 6.32. The van der Waals surface area contributed by atoms with Crippen molar-refractivity contribution in [2.24, 2.45) is 0 Å². The predicted molar refractivity (Wildman–Crippen MR) is 75.7 cm³/mol. The van der Waals surface area contributed by atoms with Gasteiger partial charge in [-0.05, 0) is 31.5 Å². The maximum atomic E-state index is 11.9. The monoisotopic (exact) mass is 292 g/mol. The van der Waals surface area contributed by atoms with Gasteiger partial charge in [0.25, 0.3) is 0 Å². The molecule has 0 aliphatic rings. The molecule has 0 unspecified atom stereocenters. The quantitative estimate of drug-likeness (QED) is 0.797. The van der Waals surface area contributed by atoms with E-state index in [2.05, 4.69) is 9.84 Å². The summed E-state index contributed by atoms with van der Waals surface area (Å²) in [6.45, 7) is 3.52. The Labute approximate surface area is 120 Å². The molecule has 0 amide bonds. The van der Waals surface area contributed by atoms with Gasteiger partial charge in [0.1, 0.15) is 0 Å². The maximum absolute atomic E-state index is 11.9. The number of benzene rings is 1. The van der Waals surface area contributed by atoms with Crippen LogP contribution < -0.4 is 5.43 Å². The lowest BCUT2D eigenvalue weighted by Crippen LogP contribution is -2.24. The van der Waals surface area contributed by atoms with E-state index in [4.69, 9.17) is 11.6 Å². The lowest BCUT2D eigenvalue weighted by molar-refractivity contribution is 0.0590. The number of hydrogen-bond donors (Lipinski definition) is 0. The van der Waals surface area contributed by atoms with Gasteiger partial charge in [0.2, 0.25) is 11.1 Å². The number of rotatable bonds is 2. The zero-order valence-electron chi connectivity index (χ0n) is 11.3. The molecule has 0 N–H and O–H groups in total. The number of carbonyl (C=O) groups excluding carboxylic acids is 1. The highest BCUT2D eigenvalue weighted by Gasteiger charge is 2.16. The number of halogens is 1. The highest BCUT2D eigenvalue weighted by atomic mass is 35.5. The first-order valence-electron chi connectivity index (χ1n) is 5.89. The van der Waals surface area contributed by atoms with Crippen LogP contribution in [-0.2, 0) is 4.74 Å². The van der Waals surface area contributed by atoms with E-state index in [1.165, 1.54) is 18.0 Å². The van der Waals surface area contributed by atoms with Crippen molar-refractivity contribution in [1.29, 1.82) is 0 Å². The van der Waals surface area contributed by atoms with Crippen molar-refractivity contribution in [3.63, 3.8) is 0 Å². The highest BCUT2D eigenvalue weighted by Crippen LogP contribution is 2.20. The number of nitrogens with zero attached hydrogens (tertiary/aromatic N) is 2. The number of hydrogen-bond acceptors (Lipinski definition) is 4. The SMILES string of the molecule is COC(=O)c1nn(-c2cc(C)ccc2Cl)cc(C)c1=O. The van der Waals surface area contributed by atoms with Gasteiger partial charge in [-0.3, -0.25) is 4.79 Å². The molecule has 0 spiro atoms. The van der Waals surface area contributed by atoms with Gasteiger partial charge in [0, 0.05) is 11.8 Å². The molecule has 0 aliphatic carbocycles. The average Bonchev–Trinajstić information content (AvgIpc) is 2.43. The largest absolute Gasteiger partial charge is 0.464 e. The minimum absolute atomic E-state index is 0.259. The first-order valence-corrected chi connectivity index (χ1v) is 6.27. The molecule has 6 heteroatoms. The summed E-state index contributed by atoms with van der Waals surface area (Å²) >= 11 is 6.13. The van der Waals surface area contributed by atoms with Crippen LogP contribution in [0.4, 0.5) is 0 Å². The Morgan fingerprint density at radius 2 is 2.05 bits per heavy atom. The summed E-state index contributed by atoms with van der Waals surface area (Å²) in [5, 5.41) is 4.50. The van der Waals surface area contributed by atoms with Gasteiger partial charge >= 0.3 is 5.97 Å². The molecule has 1 heterocycles. The van der Waals surface area contributed by atoms with E-state index >= 15 is 0 Å². The molecule has 20 heavy (non-hydrogen) atoms. The fourth-order valence-corrected chi connectivity index (χ4v) is 1.97. The summed E-state index contributed by atoms with van der Waals surface area (Å²) in [6.07, 6.45) is 1.54. The van der Waals surface area contributed by atoms with Crippen molar-refractivity contribution in [1.82, 2.24) is 9.78 Å². The fraction of sp³-hybridized carbons (Fsp3) is 0.214. The third-order valence-electron chi connectivity index (χ3n) is 2.82. The Kier molecular flexibility index (Phi) is 3.90. The second-order valence-electron chi connectivity index (χ2n) is 4.38. The summed E-state index contributed by atoms with van der Waals surface area (Å²) in [6, 6.07) is 5.42. The molecule has 2 rings (SSSR count). The zero-order chi connectivity index (χ0) is 14.9. The molecule has 0 radical (unpaired) electrons. The predicted octanol–water partition coefficient (Wildman–Crippen LogP) is 2.29. The van der Waals surface area contributed by atoms with Crippen LogP contribution in [-0.4, -0.2) is 22.9 Å². The van der Waals surface area contributed by atoms with E-state index in [9.17, 15) is 9.59 Å². The van der Waals surface area contributed by atoms with Crippen molar-refractivity contribution in [3.05, 3.63) is 56.5 Å². The summed E-state index contributed by atoms with van der Waals surface area (Å²) in [5.41, 5.74) is 1.27. The van der Waals surface area contributed by atoms with Crippen LogP contribution >= 0.6 is 11.6 Å². The van der Waals surface area contributed by atoms with Gasteiger partial charge in [0.15, 0.2) is 0 Å². The van der Waals surface area contributed by atoms with Gasteiger partial charge in [-0.25, -0.2) is 9.48 Å². The van der Waals surface area contributed by atoms with Gasteiger partial charge in [-0.15, -0.1) is 0 Å². The van der Waals surface area contributed by atoms with E-state index < -0.39 is 11.4 Å². The van der Waals surface area contributed by atoms with E-state index in [-0.39, 0.29) is 5.69 Å². The van der Waals surface area contributed by atoms with Crippen molar-refractivity contribution in [3.8, 4) is 5.69 Å². The number of methoxy groups -OCH3 is 1. The first kappa shape index (κ1) is 14.3. The fourth-order valence-electron chi connectivity index (χ4n) is 1.76. The lowest BCUT2D eigenvalue weighted by atomic mass is 10.2. The number of aromatic nitrogens is 2. The minimum atomic E-state index is -0.767. The van der Waals surface area contributed by atoms with Crippen molar-refractivity contribution in [2.45, 2.75) is 13.8 Å². The normalized spacial score (nSPS) is 10.4. The molecular weight excluding hydrogens is 280 g/mol. The molecule has 0 saturated heterocycles. The second-order valence-corrected chi connectivity index (χ2v) is 4.79. The molecule has 104 valence electrons. The number of ether oxygens (including phenoxy) is 1. The first-order chi connectivity index (χ1) is 9.43. The third-order valence-corrected chi connectivity index (χ3v) is 3.14. The molecule has 0 atom stereocenters. The Bertz CT molecular complexity index is 738. The van der Waals surface area contributed by atoms with Gasteiger partial charge in [-0.1, -0.05) is 17.7 Å². The summed E-state index contributed by atoms with van der Waals surface area (Å²) < 4.78 is 5.98. The molecule has 5 nitrogen and oxygen atoms in total. The lowest BCUT2D eigenvalue weighted by Gasteiger charge is -2.10. The van der Waals surface area contributed by atoms with E-state index in [0.717, 1.165) is 5.56 Å². The van der Waals surface area contributed by atoms with Crippen molar-refractivity contribution < 1.29 is 9.53 Å². The van der Waals surface area contributed by atoms with Crippen LogP contribution in [0.5, 0.6) is 0 Å². The summed E-state index contributed by atoms with van der Waals surface area (Å²) in [7, 11) is 1.20. The molecule has 0 fully saturated rings. The van der Waals surface area contributed by atoms with Crippen LogP contribution in [0.1, 0.15) is 21.6 Å².